The van der Waals surface area contributed by atoms with E-state index in [0.717, 1.165) is 23.2 Å². The number of fused-ring (bicyclic) bond motifs is 1. The number of halogens is 4. The Hall–Kier alpha value is -2.78. The van der Waals surface area contributed by atoms with Gasteiger partial charge in [0.1, 0.15) is 12.4 Å². The van der Waals surface area contributed by atoms with Crippen LogP contribution < -0.4 is 4.74 Å². The number of aryl methyl sites for hydroxylation is 1. The number of nitrogens with zero attached hydrogens (tertiary/aromatic N) is 2. The van der Waals surface area contributed by atoms with Gasteiger partial charge in [0.2, 0.25) is 0 Å². The Morgan fingerprint density at radius 1 is 1.15 bits per heavy atom. The van der Waals surface area contributed by atoms with Crippen LogP contribution in [0.3, 0.4) is 0 Å². The van der Waals surface area contributed by atoms with Crippen molar-refractivity contribution in [2.45, 2.75) is 19.7 Å². The number of rotatable bonds is 3. The van der Waals surface area contributed by atoms with Crippen LogP contribution >= 0.6 is 11.6 Å². The van der Waals surface area contributed by atoms with Gasteiger partial charge < -0.3 is 4.74 Å². The molecule has 1 aromatic heterocycles. The van der Waals surface area contributed by atoms with Gasteiger partial charge in [0.25, 0.3) is 0 Å². The molecular formula is C19H12ClF3N2O. The van der Waals surface area contributed by atoms with Crippen molar-refractivity contribution in [1.82, 2.24) is 4.98 Å². The molecule has 0 spiro atoms. The second kappa shape index (κ2) is 6.85. The third-order valence-corrected chi connectivity index (χ3v) is 4.07. The van der Waals surface area contributed by atoms with Crippen molar-refractivity contribution in [3.05, 3.63) is 69.9 Å². The zero-order chi connectivity index (χ0) is 18.9. The van der Waals surface area contributed by atoms with E-state index in [0.29, 0.717) is 16.1 Å². The van der Waals surface area contributed by atoms with Gasteiger partial charge in [-0.05, 0) is 42.8 Å². The number of nitriles is 1. The second-order valence-electron chi connectivity index (χ2n) is 5.71. The molecule has 0 N–H and O–H groups in total. The maximum atomic E-state index is 13.2. The molecule has 0 aliphatic heterocycles. The van der Waals surface area contributed by atoms with Crippen LogP contribution in [0.1, 0.15) is 22.4 Å². The highest BCUT2D eigenvalue weighted by molar-refractivity contribution is 6.35. The maximum absolute atomic E-state index is 13.2. The molecule has 3 aromatic rings. The van der Waals surface area contributed by atoms with Gasteiger partial charge >= 0.3 is 6.18 Å². The molecular weight excluding hydrogens is 365 g/mol. The molecule has 3 rings (SSSR count). The molecule has 3 nitrogen and oxygen atoms in total. The quantitative estimate of drug-likeness (QED) is 0.592. The largest absolute Gasteiger partial charge is 0.488 e. The maximum Gasteiger partial charge on any atom is 0.420 e. The molecule has 0 aliphatic carbocycles. The second-order valence-corrected chi connectivity index (χ2v) is 6.11. The zero-order valence-corrected chi connectivity index (χ0v) is 14.3. The van der Waals surface area contributed by atoms with Gasteiger partial charge in [-0.1, -0.05) is 23.7 Å². The van der Waals surface area contributed by atoms with E-state index in [9.17, 15) is 13.2 Å². The number of alkyl halides is 3. The summed E-state index contributed by atoms with van der Waals surface area (Å²) in [5.74, 6) is -0.327. The molecule has 0 atom stereocenters. The van der Waals surface area contributed by atoms with Crippen molar-refractivity contribution >= 4 is 22.5 Å². The van der Waals surface area contributed by atoms with Crippen molar-refractivity contribution in [1.29, 1.82) is 5.26 Å². The van der Waals surface area contributed by atoms with Gasteiger partial charge in [-0.25, -0.2) is 0 Å². The van der Waals surface area contributed by atoms with E-state index in [1.54, 1.807) is 37.3 Å². The molecule has 26 heavy (non-hydrogen) atoms. The first-order valence-corrected chi connectivity index (χ1v) is 7.95. The van der Waals surface area contributed by atoms with Crippen LogP contribution in [-0.4, -0.2) is 4.98 Å². The molecule has 0 fully saturated rings. The van der Waals surface area contributed by atoms with Gasteiger partial charge in [-0.2, -0.15) is 18.4 Å². The zero-order valence-electron chi connectivity index (χ0n) is 13.6. The van der Waals surface area contributed by atoms with Crippen LogP contribution in [-0.2, 0) is 12.8 Å². The van der Waals surface area contributed by atoms with E-state index in [1.807, 2.05) is 0 Å². The fourth-order valence-electron chi connectivity index (χ4n) is 2.55. The molecule has 1 heterocycles. The first-order chi connectivity index (χ1) is 12.3. The number of hydrogen-bond acceptors (Lipinski definition) is 3. The van der Waals surface area contributed by atoms with E-state index in [2.05, 4.69) is 4.98 Å². The third kappa shape index (κ3) is 3.73. The Balaban J connectivity index is 1.90. The molecule has 0 amide bonds. The van der Waals surface area contributed by atoms with E-state index in [4.69, 9.17) is 21.6 Å². The fourth-order valence-corrected chi connectivity index (χ4v) is 2.87. The van der Waals surface area contributed by atoms with Gasteiger partial charge in [-0.3, -0.25) is 4.98 Å². The topological polar surface area (TPSA) is 45.9 Å². The molecule has 0 aliphatic rings. The summed E-state index contributed by atoms with van der Waals surface area (Å²) in [5.41, 5.74) is 0.988. The summed E-state index contributed by atoms with van der Waals surface area (Å²) in [6, 6.07) is 11.9. The van der Waals surface area contributed by atoms with Crippen molar-refractivity contribution in [3.63, 3.8) is 0 Å². The van der Waals surface area contributed by atoms with Crippen LogP contribution in [0.25, 0.3) is 10.9 Å². The smallest absolute Gasteiger partial charge is 0.420 e. The van der Waals surface area contributed by atoms with E-state index < -0.39 is 11.7 Å². The Kier molecular flexibility index (Phi) is 4.75. The highest BCUT2D eigenvalue weighted by atomic mass is 35.5. The van der Waals surface area contributed by atoms with Crippen molar-refractivity contribution < 1.29 is 17.9 Å². The van der Waals surface area contributed by atoms with E-state index in [-0.39, 0.29) is 17.9 Å². The van der Waals surface area contributed by atoms with Crippen LogP contribution in [0.15, 0.2) is 42.5 Å². The highest BCUT2D eigenvalue weighted by Crippen LogP contribution is 2.37. The monoisotopic (exact) mass is 376 g/mol. The average Bonchev–Trinajstić information content (AvgIpc) is 2.58. The number of aromatic nitrogens is 1. The number of hydrogen-bond donors (Lipinski definition) is 0. The Bertz CT molecular complexity index is 1030. The summed E-state index contributed by atoms with van der Waals surface area (Å²) in [6.07, 6.45) is -4.61. The lowest BCUT2D eigenvalue weighted by Crippen LogP contribution is -2.09. The number of ether oxygens (including phenoxy) is 1. The lowest BCUT2D eigenvalue weighted by atomic mass is 10.1. The molecule has 0 saturated heterocycles. The minimum Gasteiger partial charge on any atom is -0.488 e. The van der Waals surface area contributed by atoms with Gasteiger partial charge in [0, 0.05) is 11.1 Å². The van der Waals surface area contributed by atoms with Crippen LogP contribution in [0, 0.1) is 18.3 Å². The SMILES string of the molecule is Cc1cc(Cl)c2ccc(COc3ccc(C#N)cc3C(F)(F)F)cc2n1. The summed E-state index contributed by atoms with van der Waals surface area (Å²) in [4.78, 5) is 4.38. The summed E-state index contributed by atoms with van der Waals surface area (Å²) >= 11 is 6.16. The Morgan fingerprint density at radius 3 is 2.62 bits per heavy atom. The molecule has 2 aromatic carbocycles. The van der Waals surface area contributed by atoms with E-state index in [1.165, 1.54) is 6.07 Å². The normalized spacial score (nSPS) is 11.4. The van der Waals surface area contributed by atoms with E-state index >= 15 is 0 Å². The van der Waals surface area contributed by atoms with Gasteiger partial charge in [0.15, 0.2) is 0 Å². The van der Waals surface area contributed by atoms with Crippen molar-refractivity contribution in [2.75, 3.05) is 0 Å². The number of pyridine rings is 1. The van der Waals surface area contributed by atoms with Gasteiger partial charge in [0.05, 0.1) is 27.7 Å². The summed E-state index contributed by atoms with van der Waals surface area (Å²) in [6.45, 7) is 1.74. The van der Waals surface area contributed by atoms with Crippen LogP contribution in [0.4, 0.5) is 13.2 Å². The lowest BCUT2D eigenvalue weighted by Gasteiger charge is -2.14. The standard InChI is InChI=1S/C19H12ClF3N2O/c1-11-6-16(20)14-4-2-13(8-17(14)25-11)10-26-18-5-3-12(9-24)7-15(18)19(21,22)23/h2-8H,10H2,1H3. The lowest BCUT2D eigenvalue weighted by molar-refractivity contribution is -0.139. The summed E-state index contributed by atoms with van der Waals surface area (Å²) in [5, 5.41) is 10.1. The molecule has 0 bridgehead atoms. The summed E-state index contributed by atoms with van der Waals surface area (Å²) < 4.78 is 44.9. The molecule has 0 saturated carbocycles. The van der Waals surface area contributed by atoms with Crippen molar-refractivity contribution in [3.8, 4) is 11.8 Å². The highest BCUT2D eigenvalue weighted by Gasteiger charge is 2.34. The van der Waals surface area contributed by atoms with Crippen molar-refractivity contribution in [2.24, 2.45) is 0 Å². The third-order valence-electron chi connectivity index (χ3n) is 3.76. The fraction of sp³-hybridized carbons (Fsp3) is 0.158. The van der Waals surface area contributed by atoms with Gasteiger partial charge in [-0.15, -0.1) is 0 Å². The predicted molar refractivity (Wildman–Crippen MR) is 92.0 cm³/mol. The number of benzene rings is 2. The first kappa shape index (κ1) is 18.0. The Labute approximate surface area is 152 Å². The molecule has 0 unspecified atom stereocenters. The minimum atomic E-state index is -4.61. The Morgan fingerprint density at radius 2 is 1.92 bits per heavy atom. The van der Waals surface area contributed by atoms with Crippen LogP contribution in [0.2, 0.25) is 5.02 Å². The molecule has 0 radical (unpaired) electrons. The predicted octanol–water partition coefficient (Wildman–Crippen LogP) is 5.67. The summed E-state index contributed by atoms with van der Waals surface area (Å²) in [7, 11) is 0. The minimum absolute atomic E-state index is 0.0713. The molecule has 132 valence electrons. The molecule has 7 heteroatoms. The average molecular weight is 377 g/mol. The van der Waals surface area contributed by atoms with Crippen LogP contribution in [0.5, 0.6) is 5.75 Å². The first-order valence-electron chi connectivity index (χ1n) is 7.58.